The second kappa shape index (κ2) is 52.8. The van der Waals surface area contributed by atoms with E-state index in [0.717, 1.165) is 51.4 Å². The Labute approximate surface area is 459 Å². The number of hydrogen-bond donors (Lipinski definition) is 8. The van der Waals surface area contributed by atoms with E-state index in [1.807, 2.05) is 0 Å². The van der Waals surface area contributed by atoms with Crippen molar-refractivity contribution in [1.29, 1.82) is 0 Å². The van der Waals surface area contributed by atoms with E-state index in [4.69, 9.17) is 9.47 Å². The summed E-state index contributed by atoms with van der Waals surface area (Å²) in [6.07, 6.45) is 56.1. The van der Waals surface area contributed by atoms with E-state index in [9.17, 15) is 40.5 Å². The van der Waals surface area contributed by atoms with E-state index in [1.165, 1.54) is 186 Å². The highest BCUT2D eigenvalue weighted by Gasteiger charge is 2.44. The second-order valence-corrected chi connectivity index (χ2v) is 22.1. The van der Waals surface area contributed by atoms with Gasteiger partial charge in [0.05, 0.1) is 25.4 Å². The minimum atomic E-state index is -1.67. The van der Waals surface area contributed by atoms with Crippen LogP contribution in [0, 0.1) is 0 Å². The van der Waals surface area contributed by atoms with Gasteiger partial charge < -0.3 is 50.5 Å². The average molecular weight is 1060 g/mol. The van der Waals surface area contributed by atoms with Crippen molar-refractivity contribution in [2.24, 2.45) is 0 Å². The van der Waals surface area contributed by atoms with Crippen molar-refractivity contribution in [2.45, 2.75) is 339 Å². The number of allylic oxidation sites excluding steroid dienone is 8. The number of rotatable bonds is 54. The van der Waals surface area contributed by atoms with E-state index in [2.05, 4.69) is 67.8 Å². The molecule has 1 saturated heterocycles. The van der Waals surface area contributed by atoms with Crippen molar-refractivity contribution in [3.05, 3.63) is 48.6 Å². The highest BCUT2D eigenvalue weighted by Crippen LogP contribution is 2.23. The molecule has 9 atom stereocenters. The summed E-state index contributed by atoms with van der Waals surface area (Å²) in [4.78, 5) is 13.2. The van der Waals surface area contributed by atoms with E-state index in [-0.39, 0.29) is 12.8 Å². The normalized spacial score (nSPS) is 20.0. The van der Waals surface area contributed by atoms with Crippen LogP contribution in [0.2, 0.25) is 0 Å². The molecular formula is C64H119NO10. The molecule has 8 N–H and O–H groups in total. The molecule has 0 bridgehead atoms. The van der Waals surface area contributed by atoms with Crippen molar-refractivity contribution >= 4 is 5.91 Å². The molecule has 1 aliphatic rings. The summed E-state index contributed by atoms with van der Waals surface area (Å²) in [6, 6.07) is -1.19. The van der Waals surface area contributed by atoms with Gasteiger partial charge in [-0.1, -0.05) is 255 Å². The fourth-order valence-electron chi connectivity index (χ4n) is 10.0. The van der Waals surface area contributed by atoms with Crippen LogP contribution in [0.25, 0.3) is 0 Å². The molecule has 1 heterocycles. The molecule has 1 fully saturated rings. The van der Waals surface area contributed by atoms with Crippen LogP contribution in [0.3, 0.4) is 0 Å². The maximum atomic E-state index is 13.2. The molecule has 0 aromatic carbocycles. The Kier molecular flexibility index (Phi) is 50.0. The van der Waals surface area contributed by atoms with E-state index in [0.29, 0.717) is 19.3 Å². The molecule has 0 aromatic rings. The molecule has 75 heavy (non-hydrogen) atoms. The zero-order valence-corrected chi connectivity index (χ0v) is 48.3. The van der Waals surface area contributed by atoms with Crippen LogP contribution in [0.5, 0.6) is 0 Å². The minimum absolute atomic E-state index is 0.246. The van der Waals surface area contributed by atoms with Crippen molar-refractivity contribution in [3.63, 3.8) is 0 Å². The Hall–Kier alpha value is -1.93. The van der Waals surface area contributed by atoms with Gasteiger partial charge in [0.2, 0.25) is 5.91 Å². The van der Waals surface area contributed by atoms with Crippen LogP contribution >= 0.6 is 0 Å². The van der Waals surface area contributed by atoms with E-state index < -0.39 is 74.2 Å². The Morgan fingerprint density at radius 1 is 0.480 bits per heavy atom. The molecule has 9 unspecified atom stereocenters. The molecule has 0 radical (unpaired) electrons. The van der Waals surface area contributed by atoms with E-state index in [1.54, 1.807) is 0 Å². The lowest BCUT2D eigenvalue weighted by molar-refractivity contribution is -0.303. The fraction of sp³-hybridized carbons (Fsp3) is 0.859. The highest BCUT2D eigenvalue weighted by atomic mass is 16.7. The summed E-state index contributed by atoms with van der Waals surface area (Å²) in [7, 11) is 0. The first-order chi connectivity index (χ1) is 36.7. The number of carbonyl (C=O) groups is 1. The Bertz CT molecular complexity index is 1360. The Morgan fingerprint density at radius 3 is 1.33 bits per heavy atom. The molecule has 1 aliphatic heterocycles. The first kappa shape index (κ1) is 71.1. The van der Waals surface area contributed by atoms with Gasteiger partial charge in [0, 0.05) is 0 Å². The minimum Gasteiger partial charge on any atom is -0.394 e. The molecular weight excluding hydrogens is 943 g/mol. The first-order valence-corrected chi connectivity index (χ1v) is 31.5. The number of hydrogen-bond acceptors (Lipinski definition) is 10. The van der Waals surface area contributed by atoms with Crippen LogP contribution in [-0.4, -0.2) is 110 Å². The number of amides is 1. The molecule has 1 rings (SSSR count). The third kappa shape index (κ3) is 40.9. The van der Waals surface area contributed by atoms with Gasteiger partial charge in [0.1, 0.15) is 36.6 Å². The number of aliphatic hydroxyl groups is 7. The maximum Gasteiger partial charge on any atom is 0.249 e. The monoisotopic (exact) mass is 1060 g/mol. The fourth-order valence-corrected chi connectivity index (χ4v) is 10.0. The third-order valence-corrected chi connectivity index (χ3v) is 15.1. The standard InChI is InChI=1S/C64H119NO10/c1-3-5-7-9-11-13-15-17-19-21-23-25-26-27-28-29-30-31-32-34-35-37-39-41-43-45-47-49-51-56(67)59(69)55(54-74-64-62(72)61(71)60(70)58(53-66)75-64)65-63(73)57(68)52-50-48-46-44-42-40-38-36-33-24-22-20-18-16-14-12-10-8-6-4-2/h6,8,12,14,35,37,43,45,55-62,64,66-72H,3-5,7,9-11,13,15-34,36,38-42,44,46-54H2,1-2H3,(H,65,73)/b8-6-,14-12-,37-35+,45-43+. The molecule has 11 heteroatoms. The predicted octanol–water partition coefficient (Wildman–Crippen LogP) is 14.0. The lowest BCUT2D eigenvalue weighted by Crippen LogP contribution is -2.60. The third-order valence-electron chi connectivity index (χ3n) is 15.1. The van der Waals surface area contributed by atoms with Gasteiger partial charge >= 0.3 is 0 Å². The SMILES string of the molecule is CC/C=C\C/C=C\CCCCCCCCCCCCCCCC(O)C(=O)NC(COC1OC(CO)C(O)C(O)C1O)C(O)C(O)CCC/C=C/CC/C=C/CCCCCCCCCCCCCCCCCCCCC. The highest BCUT2D eigenvalue weighted by molar-refractivity contribution is 5.80. The van der Waals surface area contributed by atoms with Gasteiger partial charge in [0.15, 0.2) is 6.29 Å². The zero-order valence-electron chi connectivity index (χ0n) is 48.3. The van der Waals surface area contributed by atoms with Crippen molar-refractivity contribution in [2.75, 3.05) is 13.2 Å². The number of carbonyl (C=O) groups excluding carboxylic acids is 1. The molecule has 440 valence electrons. The van der Waals surface area contributed by atoms with Gasteiger partial charge in [-0.05, 0) is 77.0 Å². The van der Waals surface area contributed by atoms with Crippen molar-refractivity contribution in [1.82, 2.24) is 5.32 Å². The topological polar surface area (TPSA) is 189 Å². The maximum absolute atomic E-state index is 13.2. The first-order valence-electron chi connectivity index (χ1n) is 31.5. The van der Waals surface area contributed by atoms with Gasteiger partial charge in [-0.2, -0.15) is 0 Å². The van der Waals surface area contributed by atoms with Gasteiger partial charge in [-0.15, -0.1) is 0 Å². The van der Waals surface area contributed by atoms with Crippen LogP contribution in [0.15, 0.2) is 48.6 Å². The number of ether oxygens (including phenoxy) is 2. The summed E-state index contributed by atoms with van der Waals surface area (Å²) in [6.45, 7) is 3.37. The smallest absolute Gasteiger partial charge is 0.249 e. The predicted molar refractivity (Wildman–Crippen MR) is 311 cm³/mol. The van der Waals surface area contributed by atoms with Crippen LogP contribution in [-0.2, 0) is 14.3 Å². The summed E-state index contributed by atoms with van der Waals surface area (Å²) in [5.41, 5.74) is 0. The quantitative estimate of drug-likeness (QED) is 0.0215. The van der Waals surface area contributed by atoms with Crippen molar-refractivity contribution < 1.29 is 50.0 Å². The molecule has 0 aromatic heterocycles. The Balaban J connectivity index is 2.28. The van der Waals surface area contributed by atoms with E-state index >= 15 is 0 Å². The lowest BCUT2D eigenvalue weighted by atomic mass is 9.98. The molecule has 0 aliphatic carbocycles. The largest absolute Gasteiger partial charge is 0.394 e. The summed E-state index contributed by atoms with van der Waals surface area (Å²) < 4.78 is 11.1. The molecule has 0 spiro atoms. The van der Waals surface area contributed by atoms with Crippen LogP contribution < -0.4 is 5.32 Å². The van der Waals surface area contributed by atoms with Gasteiger partial charge in [-0.3, -0.25) is 4.79 Å². The summed E-state index contributed by atoms with van der Waals surface area (Å²) in [5.74, 6) is -0.710. The zero-order chi connectivity index (χ0) is 54.7. The summed E-state index contributed by atoms with van der Waals surface area (Å²) in [5, 5.41) is 76.3. The molecule has 11 nitrogen and oxygen atoms in total. The number of aliphatic hydroxyl groups excluding tert-OH is 7. The number of unbranched alkanes of at least 4 members (excludes halogenated alkanes) is 34. The lowest BCUT2D eigenvalue weighted by Gasteiger charge is -2.40. The summed E-state index contributed by atoms with van der Waals surface area (Å²) >= 11 is 0. The average Bonchev–Trinajstić information content (AvgIpc) is 3.41. The van der Waals surface area contributed by atoms with Crippen LogP contribution in [0.1, 0.15) is 284 Å². The van der Waals surface area contributed by atoms with Crippen LogP contribution in [0.4, 0.5) is 0 Å². The Morgan fingerprint density at radius 2 is 0.880 bits per heavy atom. The van der Waals surface area contributed by atoms with Crippen molar-refractivity contribution in [3.8, 4) is 0 Å². The van der Waals surface area contributed by atoms with Gasteiger partial charge in [-0.25, -0.2) is 0 Å². The molecule has 0 saturated carbocycles. The molecule has 1 amide bonds. The number of nitrogens with one attached hydrogen (secondary N) is 1. The van der Waals surface area contributed by atoms with Gasteiger partial charge in [0.25, 0.3) is 0 Å². The second-order valence-electron chi connectivity index (χ2n) is 22.1.